The lowest BCUT2D eigenvalue weighted by molar-refractivity contribution is 0.476. The van der Waals surface area contributed by atoms with Crippen molar-refractivity contribution in [1.29, 1.82) is 0 Å². The summed E-state index contributed by atoms with van der Waals surface area (Å²) < 4.78 is 2.18. The van der Waals surface area contributed by atoms with Gasteiger partial charge in [0.05, 0.1) is 0 Å². The second-order valence-electron chi connectivity index (χ2n) is 4.50. The van der Waals surface area contributed by atoms with Crippen LogP contribution in [-0.2, 0) is 13.6 Å². The average Bonchev–Trinajstić information content (AvgIpc) is 2.54. The van der Waals surface area contributed by atoms with E-state index in [0.717, 1.165) is 24.9 Å². The highest BCUT2D eigenvalue weighted by molar-refractivity contribution is 5.86. The number of hydrogen-bond acceptors (Lipinski definition) is 2. The molecule has 92 valence electrons. The minimum absolute atomic E-state index is 0.333. The van der Waals surface area contributed by atoms with Crippen LogP contribution in [0.2, 0.25) is 0 Å². The van der Waals surface area contributed by atoms with E-state index in [4.69, 9.17) is 0 Å². The Bertz CT molecular complexity index is 528. The molecular weight excluding hydrogens is 212 g/mol. The number of nitrogens with one attached hydrogen (secondary N) is 1. The summed E-state index contributed by atoms with van der Waals surface area (Å²) in [5, 5.41) is 14.2. The highest BCUT2D eigenvalue weighted by Crippen LogP contribution is 2.27. The van der Waals surface area contributed by atoms with Gasteiger partial charge in [-0.1, -0.05) is 6.92 Å². The molecule has 0 fully saturated rings. The number of aromatic hydroxyl groups is 1. The number of rotatable bonds is 4. The van der Waals surface area contributed by atoms with Crippen molar-refractivity contribution in [3.8, 4) is 5.75 Å². The van der Waals surface area contributed by atoms with Gasteiger partial charge in [0.25, 0.3) is 0 Å². The largest absolute Gasteiger partial charge is 0.508 e. The monoisotopic (exact) mass is 232 g/mol. The molecule has 0 saturated carbocycles. The van der Waals surface area contributed by atoms with E-state index in [1.165, 1.54) is 16.8 Å². The number of fused-ring (bicyclic) bond motifs is 1. The maximum atomic E-state index is 9.60. The predicted octanol–water partition coefficient (Wildman–Crippen LogP) is 2.69. The smallest absolute Gasteiger partial charge is 0.116 e. The van der Waals surface area contributed by atoms with Crippen LogP contribution >= 0.6 is 0 Å². The molecule has 0 bridgehead atoms. The minimum atomic E-state index is 0.333. The number of benzene rings is 1. The third kappa shape index (κ3) is 2.15. The third-order valence-electron chi connectivity index (χ3n) is 3.34. The zero-order valence-electron chi connectivity index (χ0n) is 10.7. The molecule has 0 aliphatic carbocycles. The van der Waals surface area contributed by atoms with Crippen LogP contribution < -0.4 is 5.32 Å². The van der Waals surface area contributed by atoms with E-state index in [1.807, 2.05) is 12.1 Å². The standard InChI is InChI=1S/C14H20N2O/c1-4-7-15-9-13-10(2)16(3)14-6-5-11(17)8-12(13)14/h5-6,8,15,17H,4,7,9H2,1-3H3. The van der Waals surface area contributed by atoms with Crippen molar-refractivity contribution in [2.45, 2.75) is 26.8 Å². The maximum absolute atomic E-state index is 9.60. The Kier molecular flexibility index (Phi) is 3.38. The van der Waals surface area contributed by atoms with Crippen molar-refractivity contribution in [1.82, 2.24) is 9.88 Å². The van der Waals surface area contributed by atoms with Crippen molar-refractivity contribution in [3.63, 3.8) is 0 Å². The SMILES string of the molecule is CCCNCc1c(C)n(C)c2ccc(O)cc12. The molecule has 0 unspecified atom stereocenters. The van der Waals surface area contributed by atoms with Gasteiger partial charge in [-0.3, -0.25) is 0 Å². The second-order valence-corrected chi connectivity index (χ2v) is 4.50. The molecule has 3 heteroatoms. The third-order valence-corrected chi connectivity index (χ3v) is 3.34. The number of hydrogen-bond donors (Lipinski definition) is 2. The predicted molar refractivity (Wildman–Crippen MR) is 71.3 cm³/mol. The minimum Gasteiger partial charge on any atom is -0.508 e. The molecule has 0 aliphatic rings. The highest BCUT2D eigenvalue weighted by atomic mass is 16.3. The Morgan fingerprint density at radius 3 is 2.82 bits per heavy atom. The Labute approximate surface area is 102 Å². The fourth-order valence-corrected chi connectivity index (χ4v) is 2.25. The summed E-state index contributed by atoms with van der Waals surface area (Å²) in [6.07, 6.45) is 1.13. The van der Waals surface area contributed by atoms with Crippen molar-refractivity contribution in [3.05, 3.63) is 29.5 Å². The van der Waals surface area contributed by atoms with Gasteiger partial charge in [-0.05, 0) is 43.7 Å². The number of aryl methyl sites for hydroxylation is 1. The van der Waals surface area contributed by atoms with E-state index in [-0.39, 0.29) is 0 Å². The molecule has 0 aliphatic heterocycles. The molecular formula is C14H20N2O. The molecule has 2 rings (SSSR count). The molecule has 2 N–H and O–H groups in total. The first-order valence-electron chi connectivity index (χ1n) is 6.12. The molecule has 1 heterocycles. The molecule has 0 atom stereocenters. The van der Waals surface area contributed by atoms with Gasteiger partial charge in [-0.25, -0.2) is 0 Å². The Morgan fingerprint density at radius 1 is 1.35 bits per heavy atom. The molecule has 0 radical (unpaired) electrons. The van der Waals surface area contributed by atoms with Crippen molar-refractivity contribution in [2.75, 3.05) is 6.54 Å². The van der Waals surface area contributed by atoms with E-state index in [0.29, 0.717) is 5.75 Å². The van der Waals surface area contributed by atoms with Gasteiger partial charge in [0.2, 0.25) is 0 Å². The van der Waals surface area contributed by atoms with Crippen LogP contribution in [0.15, 0.2) is 18.2 Å². The van der Waals surface area contributed by atoms with Crippen LogP contribution in [0.3, 0.4) is 0 Å². The zero-order valence-corrected chi connectivity index (χ0v) is 10.7. The van der Waals surface area contributed by atoms with Gasteiger partial charge in [0.1, 0.15) is 5.75 Å². The van der Waals surface area contributed by atoms with Gasteiger partial charge in [-0.15, -0.1) is 0 Å². The lowest BCUT2D eigenvalue weighted by atomic mass is 10.1. The quantitative estimate of drug-likeness (QED) is 0.795. The lowest BCUT2D eigenvalue weighted by Crippen LogP contribution is -2.14. The molecule has 0 spiro atoms. The molecule has 1 aromatic carbocycles. The first-order valence-corrected chi connectivity index (χ1v) is 6.12. The molecule has 3 nitrogen and oxygen atoms in total. The van der Waals surface area contributed by atoms with Crippen LogP contribution in [0, 0.1) is 6.92 Å². The lowest BCUT2D eigenvalue weighted by Gasteiger charge is -2.04. The summed E-state index contributed by atoms with van der Waals surface area (Å²) >= 11 is 0. The van der Waals surface area contributed by atoms with Crippen LogP contribution in [0.25, 0.3) is 10.9 Å². The number of aromatic nitrogens is 1. The average molecular weight is 232 g/mol. The fourth-order valence-electron chi connectivity index (χ4n) is 2.25. The Hall–Kier alpha value is -1.48. The molecule has 0 saturated heterocycles. The van der Waals surface area contributed by atoms with Crippen molar-refractivity contribution < 1.29 is 5.11 Å². The zero-order chi connectivity index (χ0) is 12.4. The van der Waals surface area contributed by atoms with Crippen molar-refractivity contribution in [2.24, 2.45) is 7.05 Å². The van der Waals surface area contributed by atoms with Crippen LogP contribution in [0.1, 0.15) is 24.6 Å². The number of phenols is 1. The van der Waals surface area contributed by atoms with Crippen LogP contribution in [0.5, 0.6) is 5.75 Å². The van der Waals surface area contributed by atoms with E-state index in [1.54, 1.807) is 6.07 Å². The number of phenolic OH excluding ortho intramolecular Hbond substituents is 1. The van der Waals surface area contributed by atoms with E-state index >= 15 is 0 Å². The van der Waals surface area contributed by atoms with E-state index in [9.17, 15) is 5.11 Å². The van der Waals surface area contributed by atoms with E-state index < -0.39 is 0 Å². The van der Waals surface area contributed by atoms with Crippen molar-refractivity contribution >= 4 is 10.9 Å². The van der Waals surface area contributed by atoms with E-state index in [2.05, 4.69) is 30.8 Å². The summed E-state index contributed by atoms with van der Waals surface area (Å²) in [6.45, 7) is 6.17. The normalized spacial score (nSPS) is 11.2. The molecule has 1 aromatic heterocycles. The molecule has 0 amide bonds. The first-order chi connectivity index (χ1) is 8.15. The summed E-state index contributed by atoms with van der Waals surface area (Å²) in [5.74, 6) is 0.333. The molecule has 2 aromatic rings. The van der Waals surface area contributed by atoms with Gasteiger partial charge in [0, 0.05) is 30.2 Å². The fraction of sp³-hybridized carbons (Fsp3) is 0.429. The Morgan fingerprint density at radius 2 is 2.12 bits per heavy atom. The maximum Gasteiger partial charge on any atom is 0.116 e. The van der Waals surface area contributed by atoms with Gasteiger partial charge < -0.3 is 15.0 Å². The summed E-state index contributed by atoms with van der Waals surface area (Å²) in [6, 6.07) is 5.57. The van der Waals surface area contributed by atoms with Gasteiger partial charge in [0.15, 0.2) is 0 Å². The second kappa shape index (κ2) is 4.80. The molecule has 17 heavy (non-hydrogen) atoms. The summed E-state index contributed by atoms with van der Waals surface area (Å²) in [7, 11) is 2.07. The first kappa shape index (κ1) is 12.0. The van der Waals surface area contributed by atoms with Gasteiger partial charge in [-0.2, -0.15) is 0 Å². The summed E-state index contributed by atoms with van der Waals surface area (Å²) in [5.41, 5.74) is 3.72. The van der Waals surface area contributed by atoms with Crippen LogP contribution in [-0.4, -0.2) is 16.2 Å². The van der Waals surface area contributed by atoms with Gasteiger partial charge >= 0.3 is 0 Å². The highest BCUT2D eigenvalue weighted by Gasteiger charge is 2.11. The topological polar surface area (TPSA) is 37.2 Å². The summed E-state index contributed by atoms with van der Waals surface area (Å²) in [4.78, 5) is 0. The number of nitrogens with zero attached hydrogens (tertiary/aromatic N) is 1. The Balaban J connectivity index is 2.45. The van der Waals surface area contributed by atoms with Crippen LogP contribution in [0.4, 0.5) is 0 Å².